The van der Waals surface area contributed by atoms with E-state index in [-0.39, 0.29) is 5.57 Å². The number of hydrogen-bond donors (Lipinski definition) is 2. The average Bonchev–Trinajstić information content (AvgIpc) is 2.59. The number of nitrogens with zero attached hydrogens (tertiary/aromatic N) is 1. The maximum Gasteiger partial charge on any atom is 0.267 e. The van der Waals surface area contributed by atoms with Crippen molar-refractivity contribution in [2.75, 3.05) is 11.9 Å². The summed E-state index contributed by atoms with van der Waals surface area (Å²) in [6, 6.07) is 14.5. The number of nitrogens with one attached hydrogen (secondary N) is 2. The van der Waals surface area contributed by atoms with Crippen molar-refractivity contribution in [3.63, 3.8) is 0 Å². The number of carbonyl (C=O) groups is 1. The number of carbonyl (C=O) groups excluding carboxylic acids is 1. The number of benzene rings is 2. The molecule has 0 aliphatic heterocycles. The van der Waals surface area contributed by atoms with Gasteiger partial charge in [0.1, 0.15) is 11.6 Å². The average molecular weight is 439 g/mol. The highest BCUT2D eigenvalue weighted by atomic mass is 79.9. The number of amides is 1. The van der Waals surface area contributed by atoms with Crippen LogP contribution in [0, 0.1) is 11.3 Å². The first-order valence-corrected chi connectivity index (χ1v) is 8.89. The minimum Gasteiger partial charge on any atom is -0.389 e. The molecular weight excluding hydrogens is 425 g/mol. The van der Waals surface area contributed by atoms with E-state index in [1.54, 1.807) is 12.1 Å². The third-order valence-electron chi connectivity index (χ3n) is 3.26. The molecule has 7 heteroatoms. The molecule has 0 aliphatic rings. The van der Waals surface area contributed by atoms with Crippen molar-refractivity contribution in [1.29, 1.82) is 5.26 Å². The molecule has 0 saturated carbocycles. The summed E-state index contributed by atoms with van der Waals surface area (Å²) in [6.45, 7) is 0.599. The van der Waals surface area contributed by atoms with Crippen molar-refractivity contribution in [3.8, 4) is 6.07 Å². The van der Waals surface area contributed by atoms with Gasteiger partial charge in [-0.25, -0.2) is 0 Å². The summed E-state index contributed by atoms with van der Waals surface area (Å²) in [7, 11) is 0. The first kappa shape index (κ1) is 19.3. The quantitative estimate of drug-likeness (QED) is 0.381. The molecule has 0 atom stereocenters. The molecule has 4 nitrogen and oxygen atoms in total. The Labute approximate surface area is 164 Å². The fraction of sp³-hybridized carbons (Fsp3) is 0.111. The van der Waals surface area contributed by atoms with E-state index >= 15 is 0 Å². The van der Waals surface area contributed by atoms with Gasteiger partial charge in [0.2, 0.25) is 0 Å². The lowest BCUT2D eigenvalue weighted by atomic mass is 10.1. The van der Waals surface area contributed by atoms with Gasteiger partial charge < -0.3 is 10.6 Å². The second-order valence-corrected chi connectivity index (χ2v) is 6.84. The summed E-state index contributed by atoms with van der Waals surface area (Å²) >= 11 is 15.2. The fourth-order valence-electron chi connectivity index (χ4n) is 1.97. The Kier molecular flexibility index (Phi) is 7.32. The Morgan fingerprint density at radius 1 is 1.20 bits per heavy atom. The molecule has 0 heterocycles. The summed E-state index contributed by atoms with van der Waals surface area (Å²) in [5, 5.41) is 15.5. The molecule has 0 saturated heterocycles. The van der Waals surface area contributed by atoms with Gasteiger partial charge in [0.15, 0.2) is 0 Å². The second-order valence-electron chi connectivity index (χ2n) is 5.08. The van der Waals surface area contributed by atoms with Gasteiger partial charge in [0.05, 0.1) is 10.7 Å². The molecule has 0 spiro atoms. The van der Waals surface area contributed by atoms with Crippen LogP contribution in [0.4, 0.5) is 5.69 Å². The summed E-state index contributed by atoms with van der Waals surface area (Å²) in [6.07, 6.45) is 2.17. The van der Waals surface area contributed by atoms with E-state index in [0.717, 1.165) is 16.5 Å². The zero-order valence-electron chi connectivity index (χ0n) is 13.0. The maximum atomic E-state index is 12.1. The Balaban J connectivity index is 1.91. The van der Waals surface area contributed by atoms with Crippen LogP contribution in [0.2, 0.25) is 10.0 Å². The number of halogens is 3. The van der Waals surface area contributed by atoms with Crippen LogP contribution in [0.5, 0.6) is 0 Å². The van der Waals surface area contributed by atoms with Crippen molar-refractivity contribution in [1.82, 2.24) is 5.32 Å². The summed E-state index contributed by atoms with van der Waals surface area (Å²) in [5.74, 6) is -0.539. The molecule has 0 aromatic heterocycles. The van der Waals surface area contributed by atoms with E-state index in [9.17, 15) is 4.79 Å². The highest BCUT2D eigenvalue weighted by molar-refractivity contribution is 9.10. The predicted molar refractivity (Wildman–Crippen MR) is 105 cm³/mol. The second kappa shape index (κ2) is 9.47. The third kappa shape index (κ3) is 6.09. The molecule has 2 aromatic carbocycles. The van der Waals surface area contributed by atoms with E-state index in [2.05, 4.69) is 26.6 Å². The van der Waals surface area contributed by atoms with Crippen molar-refractivity contribution < 1.29 is 4.79 Å². The smallest absolute Gasteiger partial charge is 0.267 e. The molecule has 0 radical (unpaired) electrons. The van der Waals surface area contributed by atoms with Gasteiger partial charge in [-0.15, -0.1) is 0 Å². The third-order valence-corrected chi connectivity index (χ3v) is 4.34. The Morgan fingerprint density at radius 3 is 2.56 bits per heavy atom. The van der Waals surface area contributed by atoms with Gasteiger partial charge >= 0.3 is 0 Å². The number of rotatable bonds is 6. The molecule has 0 unspecified atom stereocenters. The van der Waals surface area contributed by atoms with E-state index in [0.29, 0.717) is 22.3 Å². The molecular formula is C18H14BrCl2N3O. The van der Waals surface area contributed by atoms with E-state index < -0.39 is 5.91 Å². The maximum absolute atomic E-state index is 12.1. The number of nitriles is 1. The molecule has 2 aromatic rings. The molecule has 0 aliphatic carbocycles. The van der Waals surface area contributed by atoms with Gasteiger partial charge in [-0.05, 0) is 42.3 Å². The minimum absolute atomic E-state index is 0.0400. The van der Waals surface area contributed by atoms with E-state index in [1.165, 1.54) is 12.3 Å². The molecule has 2 rings (SSSR count). The summed E-state index contributed by atoms with van der Waals surface area (Å²) in [5.41, 5.74) is 1.51. The van der Waals surface area contributed by atoms with Crippen LogP contribution in [0.25, 0.3) is 0 Å². The van der Waals surface area contributed by atoms with Crippen molar-refractivity contribution in [2.45, 2.75) is 6.42 Å². The predicted octanol–water partition coefficient (Wildman–Crippen LogP) is 4.93. The minimum atomic E-state index is -0.539. The van der Waals surface area contributed by atoms with Crippen LogP contribution in [-0.4, -0.2) is 12.5 Å². The topological polar surface area (TPSA) is 64.9 Å². The molecule has 1 amide bonds. The SMILES string of the molecule is N#C/C(=C/NCCc1ccc(Br)cc1)C(=O)Nc1ccc(Cl)cc1Cl. The standard InChI is InChI=1S/C18H14BrCl2N3O/c19-14-3-1-12(2-4-14)7-8-23-11-13(10-22)18(25)24-17-6-5-15(20)9-16(17)21/h1-6,9,11,23H,7-8H2,(H,24,25)/b13-11-. The van der Waals surface area contributed by atoms with Gasteiger partial charge in [0, 0.05) is 22.2 Å². The zero-order valence-corrected chi connectivity index (χ0v) is 16.1. The number of hydrogen-bond acceptors (Lipinski definition) is 3. The molecule has 25 heavy (non-hydrogen) atoms. The first-order chi connectivity index (χ1) is 12.0. The van der Waals surface area contributed by atoms with Crippen LogP contribution >= 0.6 is 39.1 Å². The van der Waals surface area contributed by atoms with E-state index in [1.807, 2.05) is 30.3 Å². The largest absolute Gasteiger partial charge is 0.389 e. The Bertz CT molecular complexity index is 829. The van der Waals surface area contributed by atoms with Gasteiger partial charge in [-0.3, -0.25) is 4.79 Å². The van der Waals surface area contributed by atoms with Crippen LogP contribution in [0.15, 0.2) is 58.7 Å². The van der Waals surface area contributed by atoms with Crippen LogP contribution in [0.1, 0.15) is 5.56 Å². The lowest BCUT2D eigenvalue weighted by molar-refractivity contribution is -0.112. The number of anilines is 1. The lowest BCUT2D eigenvalue weighted by Gasteiger charge is -2.07. The fourth-order valence-corrected chi connectivity index (χ4v) is 2.69. The van der Waals surface area contributed by atoms with Crippen molar-refractivity contribution in [3.05, 3.63) is 74.3 Å². The zero-order chi connectivity index (χ0) is 18.2. The van der Waals surface area contributed by atoms with Crippen molar-refractivity contribution in [2.24, 2.45) is 0 Å². The molecule has 2 N–H and O–H groups in total. The van der Waals surface area contributed by atoms with Crippen LogP contribution in [-0.2, 0) is 11.2 Å². The highest BCUT2D eigenvalue weighted by Crippen LogP contribution is 2.25. The Hall–Kier alpha value is -2.00. The van der Waals surface area contributed by atoms with Gasteiger partial charge in [-0.1, -0.05) is 51.3 Å². The normalized spacial score (nSPS) is 10.9. The summed E-state index contributed by atoms with van der Waals surface area (Å²) < 4.78 is 1.02. The first-order valence-electron chi connectivity index (χ1n) is 7.34. The summed E-state index contributed by atoms with van der Waals surface area (Å²) in [4.78, 5) is 12.1. The molecule has 0 fully saturated rings. The van der Waals surface area contributed by atoms with E-state index in [4.69, 9.17) is 28.5 Å². The van der Waals surface area contributed by atoms with Gasteiger partial charge in [0.25, 0.3) is 5.91 Å². The van der Waals surface area contributed by atoms with Crippen LogP contribution < -0.4 is 10.6 Å². The Morgan fingerprint density at radius 2 is 1.92 bits per heavy atom. The molecule has 128 valence electrons. The molecule has 0 bridgehead atoms. The monoisotopic (exact) mass is 437 g/mol. The highest BCUT2D eigenvalue weighted by Gasteiger charge is 2.11. The van der Waals surface area contributed by atoms with Gasteiger partial charge in [-0.2, -0.15) is 5.26 Å². The van der Waals surface area contributed by atoms with Crippen LogP contribution in [0.3, 0.4) is 0 Å². The lowest BCUT2D eigenvalue weighted by Crippen LogP contribution is -2.18. The van der Waals surface area contributed by atoms with Crippen molar-refractivity contribution >= 4 is 50.7 Å².